The lowest BCUT2D eigenvalue weighted by Gasteiger charge is -2.13. The third-order valence-electron chi connectivity index (χ3n) is 2.69. The van der Waals surface area contributed by atoms with Crippen molar-refractivity contribution < 1.29 is 10.2 Å². The van der Waals surface area contributed by atoms with Crippen LogP contribution in [0.3, 0.4) is 0 Å². The number of phenolic OH excluding ortho intramolecular Hbond substituents is 1. The second-order valence-corrected chi connectivity index (χ2v) is 4.47. The highest BCUT2D eigenvalue weighted by molar-refractivity contribution is 5.31. The van der Waals surface area contributed by atoms with Gasteiger partial charge in [0.1, 0.15) is 5.75 Å². The number of nitrogens with one attached hydrogen (secondary N) is 1. The molecule has 100 valence electrons. The van der Waals surface area contributed by atoms with Crippen LogP contribution in [-0.2, 0) is 0 Å². The van der Waals surface area contributed by atoms with Crippen molar-refractivity contribution in [2.75, 3.05) is 11.9 Å². The smallest absolute Gasteiger partial charge is 0.223 e. The zero-order valence-electron chi connectivity index (χ0n) is 11.0. The minimum atomic E-state index is -0.725. The Hall–Kier alpha value is -2.14. The Morgan fingerprint density at radius 3 is 2.47 bits per heavy atom. The zero-order chi connectivity index (χ0) is 13.8. The summed E-state index contributed by atoms with van der Waals surface area (Å²) in [6.45, 7) is 4.07. The number of aromatic nitrogens is 2. The van der Waals surface area contributed by atoms with E-state index >= 15 is 0 Å². The summed E-state index contributed by atoms with van der Waals surface area (Å²) in [5, 5.41) is 22.4. The highest BCUT2D eigenvalue weighted by Gasteiger charge is 2.09. The van der Waals surface area contributed by atoms with Crippen molar-refractivity contribution in [2.45, 2.75) is 20.0 Å². The van der Waals surface area contributed by atoms with Crippen molar-refractivity contribution in [3.05, 3.63) is 47.3 Å². The summed E-state index contributed by atoms with van der Waals surface area (Å²) in [6.07, 6.45) is -0.725. The Morgan fingerprint density at radius 2 is 1.84 bits per heavy atom. The number of aryl methyl sites for hydroxylation is 2. The zero-order valence-corrected chi connectivity index (χ0v) is 11.0. The molecule has 0 spiro atoms. The molecule has 5 heteroatoms. The fourth-order valence-corrected chi connectivity index (χ4v) is 1.84. The number of nitrogens with zero attached hydrogens (tertiary/aromatic N) is 2. The van der Waals surface area contributed by atoms with Crippen LogP contribution in [0, 0.1) is 13.8 Å². The standard InChI is InChI=1S/C14H17N3O2/c1-9-6-10(2)17-14(16-9)15-8-13(19)11-4-3-5-12(18)7-11/h3-7,13,18-19H,8H2,1-2H3,(H,15,16,17)/t13-/m0/s1. The van der Waals surface area contributed by atoms with Gasteiger partial charge in [-0.1, -0.05) is 12.1 Å². The SMILES string of the molecule is Cc1cc(C)nc(NC[C@H](O)c2cccc(O)c2)n1. The topological polar surface area (TPSA) is 78.3 Å². The molecule has 1 aromatic carbocycles. The summed E-state index contributed by atoms with van der Waals surface area (Å²) >= 11 is 0. The van der Waals surface area contributed by atoms with E-state index in [1.807, 2.05) is 19.9 Å². The maximum absolute atomic E-state index is 10.0. The van der Waals surface area contributed by atoms with Crippen LogP contribution < -0.4 is 5.32 Å². The quantitative estimate of drug-likeness (QED) is 0.782. The number of rotatable bonds is 4. The molecule has 0 aliphatic heterocycles. The van der Waals surface area contributed by atoms with Crippen molar-refractivity contribution in [1.82, 2.24) is 9.97 Å². The van der Waals surface area contributed by atoms with Gasteiger partial charge in [-0.3, -0.25) is 0 Å². The Kier molecular flexibility index (Phi) is 3.97. The molecule has 3 N–H and O–H groups in total. The molecule has 0 aliphatic rings. The number of phenols is 1. The molecule has 1 atom stereocenters. The largest absolute Gasteiger partial charge is 0.508 e. The number of anilines is 1. The van der Waals surface area contributed by atoms with E-state index in [-0.39, 0.29) is 12.3 Å². The van der Waals surface area contributed by atoms with E-state index in [1.54, 1.807) is 18.2 Å². The van der Waals surface area contributed by atoms with Crippen LogP contribution in [-0.4, -0.2) is 26.7 Å². The van der Waals surface area contributed by atoms with Crippen molar-refractivity contribution in [2.24, 2.45) is 0 Å². The summed E-state index contributed by atoms with van der Waals surface area (Å²) in [6, 6.07) is 8.44. The highest BCUT2D eigenvalue weighted by atomic mass is 16.3. The maximum Gasteiger partial charge on any atom is 0.223 e. The Morgan fingerprint density at radius 1 is 1.16 bits per heavy atom. The molecule has 1 heterocycles. The molecular weight excluding hydrogens is 242 g/mol. The first-order valence-electron chi connectivity index (χ1n) is 6.08. The van der Waals surface area contributed by atoms with Gasteiger partial charge in [-0.15, -0.1) is 0 Å². The van der Waals surface area contributed by atoms with Crippen LogP contribution in [0.5, 0.6) is 5.75 Å². The van der Waals surface area contributed by atoms with Gasteiger partial charge >= 0.3 is 0 Å². The third-order valence-corrected chi connectivity index (χ3v) is 2.69. The van der Waals surface area contributed by atoms with Crippen molar-refractivity contribution in [3.8, 4) is 5.75 Å². The lowest BCUT2D eigenvalue weighted by molar-refractivity contribution is 0.191. The van der Waals surface area contributed by atoms with Crippen LogP contribution in [0.1, 0.15) is 23.1 Å². The fourth-order valence-electron chi connectivity index (χ4n) is 1.84. The predicted molar refractivity (Wildman–Crippen MR) is 73.1 cm³/mol. The number of hydrogen-bond acceptors (Lipinski definition) is 5. The fraction of sp³-hybridized carbons (Fsp3) is 0.286. The molecule has 2 rings (SSSR count). The summed E-state index contributed by atoms with van der Waals surface area (Å²) in [5.74, 6) is 0.635. The molecule has 0 amide bonds. The van der Waals surface area contributed by atoms with E-state index in [0.717, 1.165) is 11.4 Å². The van der Waals surface area contributed by atoms with Gasteiger partial charge in [-0.2, -0.15) is 0 Å². The summed E-state index contributed by atoms with van der Waals surface area (Å²) in [4.78, 5) is 8.47. The number of aliphatic hydroxyl groups excluding tert-OH is 1. The lowest BCUT2D eigenvalue weighted by Crippen LogP contribution is -2.14. The highest BCUT2D eigenvalue weighted by Crippen LogP contribution is 2.18. The van der Waals surface area contributed by atoms with Gasteiger partial charge in [0.2, 0.25) is 5.95 Å². The molecule has 0 unspecified atom stereocenters. The summed E-state index contributed by atoms with van der Waals surface area (Å²) in [5.41, 5.74) is 2.40. The molecule has 0 saturated carbocycles. The molecule has 0 bridgehead atoms. The monoisotopic (exact) mass is 259 g/mol. The molecule has 0 aliphatic carbocycles. The van der Waals surface area contributed by atoms with Crippen molar-refractivity contribution >= 4 is 5.95 Å². The van der Waals surface area contributed by atoms with Gasteiger partial charge in [0, 0.05) is 17.9 Å². The Labute approximate surface area is 112 Å². The number of aromatic hydroxyl groups is 1. The molecular formula is C14H17N3O2. The molecule has 1 aromatic heterocycles. The second kappa shape index (κ2) is 5.67. The minimum Gasteiger partial charge on any atom is -0.508 e. The summed E-state index contributed by atoms with van der Waals surface area (Å²) in [7, 11) is 0. The van der Waals surface area contributed by atoms with Gasteiger partial charge in [0.05, 0.1) is 6.10 Å². The lowest BCUT2D eigenvalue weighted by atomic mass is 10.1. The van der Waals surface area contributed by atoms with Crippen LogP contribution in [0.4, 0.5) is 5.95 Å². The predicted octanol–water partition coefficient (Wildman–Crippen LogP) is 1.94. The van der Waals surface area contributed by atoms with Crippen molar-refractivity contribution in [3.63, 3.8) is 0 Å². The number of aliphatic hydroxyl groups is 1. The van der Waals surface area contributed by atoms with Gasteiger partial charge in [0.15, 0.2) is 0 Å². The number of hydrogen-bond donors (Lipinski definition) is 3. The van der Waals surface area contributed by atoms with E-state index in [2.05, 4.69) is 15.3 Å². The van der Waals surface area contributed by atoms with Gasteiger partial charge < -0.3 is 15.5 Å². The van der Waals surface area contributed by atoms with Crippen LogP contribution >= 0.6 is 0 Å². The van der Waals surface area contributed by atoms with Crippen LogP contribution in [0.15, 0.2) is 30.3 Å². The first-order valence-corrected chi connectivity index (χ1v) is 6.08. The summed E-state index contributed by atoms with van der Waals surface area (Å²) < 4.78 is 0. The van der Waals surface area contributed by atoms with Gasteiger partial charge in [-0.05, 0) is 37.6 Å². The van der Waals surface area contributed by atoms with E-state index < -0.39 is 6.10 Å². The minimum absolute atomic E-state index is 0.138. The molecule has 5 nitrogen and oxygen atoms in total. The van der Waals surface area contributed by atoms with E-state index in [4.69, 9.17) is 0 Å². The second-order valence-electron chi connectivity index (χ2n) is 4.47. The van der Waals surface area contributed by atoms with E-state index in [9.17, 15) is 10.2 Å². The average molecular weight is 259 g/mol. The molecule has 0 radical (unpaired) electrons. The maximum atomic E-state index is 10.0. The average Bonchev–Trinajstić information content (AvgIpc) is 2.35. The van der Waals surface area contributed by atoms with Crippen LogP contribution in [0.2, 0.25) is 0 Å². The van der Waals surface area contributed by atoms with Gasteiger partial charge in [0.25, 0.3) is 0 Å². The Bertz CT molecular complexity index is 552. The number of benzene rings is 1. The Balaban J connectivity index is 2.02. The van der Waals surface area contributed by atoms with Gasteiger partial charge in [-0.25, -0.2) is 9.97 Å². The molecule has 0 fully saturated rings. The van der Waals surface area contributed by atoms with Crippen molar-refractivity contribution in [1.29, 1.82) is 0 Å². The molecule has 2 aromatic rings. The normalized spacial score (nSPS) is 12.2. The molecule has 19 heavy (non-hydrogen) atoms. The first kappa shape index (κ1) is 13.3. The van der Waals surface area contributed by atoms with E-state index in [1.165, 1.54) is 6.07 Å². The van der Waals surface area contributed by atoms with E-state index in [0.29, 0.717) is 11.5 Å². The van der Waals surface area contributed by atoms with Crippen LogP contribution in [0.25, 0.3) is 0 Å². The molecule has 0 saturated heterocycles. The first-order chi connectivity index (χ1) is 9.04. The third kappa shape index (κ3) is 3.66.